The Labute approximate surface area is 177 Å². The van der Waals surface area contributed by atoms with E-state index in [4.69, 9.17) is 0 Å². The number of hydrogen-bond donors (Lipinski definition) is 1. The third-order valence-corrected chi connectivity index (χ3v) is 5.99. The van der Waals surface area contributed by atoms with Crippen LogP contribution in [0, 0.1) is 0 Å². The van der Waals surface area contributed by atoms with E-state index in [2.05, 4.69) is 29.4 Å². The predicted octanol–water partition coefficient (Wildman–Crippen LogP) is 2.53. The van der Waals surface area contributed by atoms with E-state index in [1.807, 2.05) is 24.3 Å². The van der Waals surface area contributed by atoms with Crippen LogP contribution in [0.25, 0.3) is 5.69 Å². The molecule has 1 unspecified atom stereocenters. The number of amides is 2. The van der Waals surface area contributed by atoms with Crippen molar-refractivity contribution in [2.45, 2.75) is 31.0 Å². The molecule has 4 rings (SSSR count). The average Bonchev–Trinajstić information content (AvgIpc) is 3.32. The topological polar surface area (TPSA) is 101 Å². The summed E-state index contributed by atoms with van der Waals surface area (Å²) >= 11 is 1.26. The van der Waals surface area contributed by atoms with Gasteiger partial charge in [-0.3, -0.25) is 14.5 Å². The Hall–Kier alpha value is -3.04. The Morgan fingerprint density at radius 3 is 2.23 bits per heavy atom. The van der Waals surface area contributed by atoms with Gasteiger partial charge in [-0.05, 0) is 46.2 Å². The number of benzene rings is 2. The fourth-order valence-electron chi connectivity index (χ4n) is 3.27. The second kappa shape index (κ2) is 8.37. The molecule has 1 aliphatic rings. The van der Waals surface area contributed by atoms with Crippen LogP contribution in [0.2, 0.25) is 0 Å². The van der Waals surface area contributed by atoms with Crippen molar-refractivity contribution >= 4 is 23.6 Å². The molecule has 3 aromatic rings. The second-order valence-corrected chi connectivity index (χ2v) is 8.34. The highest BCUT2D eigenvalue weighted by atomic mass is 32.2. The zero-order valence-electron chi connectivity index (χ0n) is 16.6. The molecule has 8 nitrogen and oxygen atoms in total. The summed E-state index contributed by atoms with van der Waals surface area (Å²) in [6.07, 6.45) is -0.911. The molecule has 30 heavy (non-hydrogen) atoms. The molecule has 1 atom stereocenters. The number of thioether (sulfide) groups is 1. The Balaban J connectivity index is 1.40. The van der Waals surface area contributed by atoms with E-state index in [1.54, 1.807) is 28.9 Å². The number of carbonyl (C=O) groups is 2. The van der Waals surface area contributed by atoms with E-state index < -0.39 is 6.10 Å². The van der Waals surface area contributed by atoms with Crippen LogP contribution in [0.4, 0.5) is 0 Å². The standard InChI is InChI=1S/C21H21N5O3S/c1-13(2)14-7-9-15(10-8-14)26-21(22-23-24-26)30-12-16(27)11-25-19(28)17-5-3-4-6-18(17)20(25)29/h3-10,13,16,27H,11-12H2,1-2H3. The number of carbonyl (C=O) groups excluding carboxylic acids is 2. The summed E-state index contributed by atoms with van der Waals surface area (Å²) in [4.78, 5) is 26.0. The highest BCUT2D eigenvalue weighted by molar-refractivity contribution is 7.99. The molecule has 0 aliphatic carbocycles. The monoisotopic (exact) mass is 423 g/mol. The van der Waals surface area contributed by atoms with E-state index in [9.17, 15) is 14.7 Å². The van der Waals surface area contributed by atoms with Crippen LogP contribution in [-0.2, 0) is 0 Å². The first-order valence-electron chi connectivity index (χ1n) is 9.60. The third-order valence-electron chi connectivity index (χ3n) is 4.92. The predicted molar refractivity (Wildman–Crippen MR) is 112 cm³/mol. The van der Waals surface area contributed by atoms with Gasteiger partial charge in [0.05, 0.1) is 29.5 Å². The molecule has 154 valence electrons. The van der Waals surface area contributed by atoms with E-state index >= 15 is 0 Å². The van der Waals surface area contributed by atoms with Crippen LogP contribution in [0.3, 0.4) is 0 Å². The molecule has 0 bridgehead atoms. The number of aliphatic hydroxyl groups is 1. The Morgan fingerprint density at radius 2 is 1.63 bits per heavy atom. The summed E-state index contributed by atoms with van der Waals surface area (Å²) in [5.74, 6) is -0.0961. The molecule has 9 heteroatoms. The molecule has 0 radical (unpaired) electrons. The normalized spacial score (nSPS) is 14.5. The summed E-state index contributed by atoms with van der Waals surface area (Å²) in [6, 6.07) is 14.6. The van der Waals surface area contributed by atoms with Gasteiger partial charge in [0.2, 0.25) is 5.16 Å². The zero-order chi connectivity index (χ0) is 21.3. The fraction of sp³-hybridized carbons (Fsp3) is 0.286. The molecule has 1 aliphatic heterocycles. The van der Waals surface area contributed by atoms with Gasteiger partial charge in [-0.1, -0.05) is 49.9 Å². The molecular formula is C21H21N5O3S. The largest absolute Gasteiger partial charge is 0.390 e. The van der Waals surface area contributed by atoms with Crippen LogP contribution in [0.15, 0.2) is 53.7 Å². The number of nitrogens with zero attached hydrogens (tertiary/aromatic N) is 5. The summed E-state index contributed by atoms with van der Waals surface area (Å²) in [6.45, 7) is 4.18. The third kappa shape index (κ3) is 3.86. The molecule has 0 saturated heterocycles. The van der Waals surface area contributed by atoms with Crippen molar-refractivity contribution in [2.24, 2.45) is 0 Å². The van der Waals surface area contributed by atoms with Gasteiger partial charge < -0.3 is 5.11 Å². The molecule has 0 saturated carbocycles. The van der Waals surface area contributed by atoms with E-state index in [0.717, 1.165) is 10.6 Å². The maximum absolute atomic E-state index is 12.4. The van der Waals surface area contributed by atoms with Gasteiger partial charge in [0.15, 0.2) is 0 Å². The number of β-amino-alcohol motifs (C(OH)–C–C–N with tert-alkyl or cyclic N) is 1. The van der Waals surface area contributed by atoms with E-state index in [0.29, 0.717) is 22.2 Å². The van der Waals surface area contributed by atoms with Crippen molar-refractivity contribution in [3.05, 3.63) is 65.2 Å². The first-order valence-corrected chi connectivity index (χ1v) is 10.6. The minimum Gasteiger partial charge on any atom is -0.390 e. The lowest BCUT2D eigenvalue weighted by Gasteiger charge is -2.18. The van der Waals surface area contributed by atoms with Gasteiger partial charge in [0, 0.05) is 5.75 Å². The Morgan fingerprint density at radius 1 is 1.00 bits per heavy atom. The summed E-state index contributed by atoms with van der Waals surface area (Å²) < 4.78 is 1.60. The van der Waals surface area contributed by atoms with Crippen molar-refractivity contribution < 1.29 is 14.7 Å². The molecule has 1 aromatic heterocycles. The number of tetrazole rings is 1. The van der Waals surface area contributed by atoms with Crippen molar-refractivity contribution in [2.75, 3.05) is 12.3 Å². The lowest BCUT2D eigenvalue weighted by atomic mass is 10.0. The van der Waals surface area contributed by atoms with Crippen molar-refractivity contribution in [3.63, 3.8) is 0 Å². The number of aliphatic hydroxyl groups excluding tert-OH is 1. The summed E-state index contributed by atoms with van der Waals surface area (Å²) in [5.41, 5.74) is 2.78. The maximum Gasteiger partial charge on any atom is 0.261 e. The van der Waals surface area contributed by atoms with Gasteiger partial charge in [-0.25, -0.2) is 0 Å². The summed E-state index contributed by atoms with van der Waals surface area (Å²) in [7, 11) is 0. The highest BCUT2D eigenvalue weighted by Gasteiger charge is 2.36. The van der Waals surface area contributed by atoms with E-state index in [1.165, 1.54) is 17.3 Å². The lowest BCUT2D eigenvalue weighted by Crippen LogP contribution is -2.37. The first kappa shape index (κ1) is 20.2. The van der Waals surface area contributed by atoms with Crippen molar-refractivity contribution in [1.29, 1.82) is 0 Å². The molecule has 2 heterocycles. The zero-order valence-corrected chi connectivity index (χ0v) is 17.4. The van der Waals surface area contributed by atoms with Gasteiger partial charge >= 0.3 is 0 Å². The maximum atomic E-state index is 12.4. The van der Waals surface area contributed by atoms with Crippen molar-refractivity contribution in [1.82, 2.24) is 25.1 Å². The molecule has 2 aromatic carbocycles. The minimum absolute atomic E-state index is 0.0794. The number of imide groups is 1. The molecular weight excluding hydrogens is 402 g/mol. The smallest absolute Gasteiger partial charge is 0.261 e. The highest BCUT2D eigenvalue weighted by Crippen LogP contribution is 2.24. The van der Waals surface area contributed by atoms with Gasteiger partial charge in [0.1, 0.15) is 0 Å². The number of fused-ring (bicyclic) bond motifs is 1. The molecule has 0 fully saturated rings. The summed E-state index contributed by atoms with van der Waals surface area (Å²) in [5, 5.41) is 22.7. The van der Waals surface area contributed by atoms with Gasteiger partial charge in [0.25, 0.3) is 11.8 Å². The molecule has 0 spiro atoms. The number of hydrogen-bond acceptors (Lipinski definition) is 7. The first-order chi connectivity index (χ1) is 14.5. The quantitative estimate of drug-likeness (QED) is 0.460. The van der Waals surface area contributed by atoms with Crippen LogP contribution >= 0.6 is 11.8 Å². The fourth-order valence-corrected chi connectivity index (χ4v) is 4.08. The van der Waals surface area contributed by atoms with Crippen molar-refractivity contribution in [3.8, 4) is 5.69 Å². The average molecular weight is 423 g/mol. The minimum atomic E-state index is -0.911. The Bertz CT molecular complexity index is 1050. The van der Waals surface area contributed by atoms with Crippen LogP contribution in [-0.4, -0.2) is 60.4 Å². The Kier molecular flexibility index (Phi) is 5.65. The SMILES string of the molecule is CC(C)c1ccc(-n2nnnc2SCC(O)CN2C(=O)c3ccccc3C2=O)cc1. The van der Waals surface area contributed by atoms with Crippen LogP contribution in [0.1, 0.15) is 46.0 Å². The van der Waals surface area contributed by atoms with Gasteiger partial charge in [-0.2, -0.15) is 4.68 Å². The lowest BCUT2D eigenvalue weighted by molar-refractivity contribution is 0.0567. The van der Waals surface area contributed by atoms with Crippen LogP contribution < -0.4 is 0 Å². The second-order valence-electron chi connectivity index (χ2n) is 7.35. The number of aromatic nitrogens is 4. The van der Waals surface area contributed by atoms with Gasteiger partial charge in [-0.15, -0.1) is 5.10 Å². The molecule has 2 amide bonds. The van der Waals surface area contributed by atoms with Crippen LogP contribution in [0.5, 0.6) is 0 Å². The molecule has 1 N–H and O–H groups in total. The van der Waals surface area contributed by atoms with E-state index in [-0.39, 0.29) is 24.1 Å². The number of rotatable bonds is 7.